The molecule has 0 saturated heterocycles. The Kier molecular flexibility index (Phi) is 8.98. The molecule has 30 heavy (non-hydrogen) atoms. The number of rotatable bonds is 10. The SMILES string of the molecule is CCOc1cc(C(=O)OCC(=O)NC(=O)NC)ccc1OCCOc1ccccc1. The molecule has 0 aliphatic heterocycles. The lowest BCUT2D eigenvalue weighted by atomic mass is 10.2. The fourth-order valence-electron chi connectivity index (χ4n) is 2.29. The van der Waals surface area contributed by atoms with Gasteiger partial charge in [-0.3, -0.25) is 10.1 Å². The van der Waals surface area contributed by atoms with Crippen molar-refractivity contribution in [1.29, 1.82) is 0 Å². The normalized spacial score (nSPS) is 9.93. The third-order valence-corrected chi connectivity index (χ3v) is 3.65. The Bertz CT molecular complexity index is 856. The maximum absolute atomic E-state index is 12.2. The fraction of sp³-hybridized carbons (Fsp3) is 0.286. The zero-order valence-electron chi connectivity index (χ0n) is 16.8. The van der Waals surface area contributed by atoms with Gasteiger partial charge in [0, 0.05) is 7.05 Å². The van der Waals surface area contributed by atoms with Crippen molar-refractivity contribution in [3.05, 3.63) is 54.1 Å². The molecule has 0 saturated carbocycles. The lowest BCUT2D eigenvalue weighted by molar-refractivity contribution is -0.123. The van der Waals surface area contributed by atoms with Crippen molar-refractivity contribution in [2.45, 2.75) is 6.92 Å². The molecule has 0 unspecified atom stereocenters. The average Bonchev–Trinajstić information content (AvgIpc) is 2.76. The summed E-state index contributed by atoms with van der Waals surface area (Å²) in [7, 11) is 1.36. The van der Waals surface area contributed by atoms with E-state index in [1.54, 1.807) is 13.0 Å². The topological polar surface area (TPSA) is 112 Å². The van der Waals surface area contributed by atoms with Gasteiger partial charge in [0.05, 0.1) is 12.2 Å². The third kappa shape index (κ3) is 7.34. The molecular formula is C21H24N2O7. The quantitative estimate of drug-likeness (QED) is 0.451. The Hall–Kier alpha value is -3.75. The maximum atomic E-state index is 12.2. The Morgan fingerprint density at radius 1 is 0.900 bits per heavy atom. The van der Waals surface area contributed by atoms with Gasteiger partial charge in [-0.05, 0) is 37.3 Å². The van der Waals surface area contributed by atoms with Crippen molar-refractivity contribution >= 4 is 17.9 Å². The molecule has 160 valence electrons. The van der Waals surface area contributed by atoms with E-state index in [1.165, 1.54) is 19.2 Å². The summed E-state index contributed by atoms with van der Waals surface area (Å²) in [5.41, 5.74) is 0.180. The molecule has 0 bridgehead atoms. The van der Waals surface area contributed by atoms with E-state index in [9.17, 15) is 14.4 Å². The number of urea groups is 1. The van der Waals surface area contributed by atoms with Gasteiger partial charge in [0.2, 0.25) is 0 Å². The van der Waals surface area contributed by atoms with Crippen LogP contribution in [0, 0.1) is 0 Å². The van der Waals surface area contributed by atoms with Gasteiger partial charge in [-0.1, -0.05) is 18.2 Å². The van der Waals surface area contributed by atoms with Crippen LogP contribution in [0.15, 0.2) is 48.5 Å². The molecule has 9 nitrogen and oxygen atoms in total. The number of esters is 1. The smallest absolute Gasteiger partial charge is 0.338 e. The molecule has 0 aromatic heterocycles. The minimum absolute atomic E-state index is 0.180. The van der Waals surface area contributed by atoms with Crippen LogP contribution in [-0.2, 0) is 9.53 Å². The summed E-state index contributed by atoms with van der Waals surface area (Å²) < 4.78 is 21.7. The Labute approximate surface area is 174 Å². The summed E-state index contributed by atoms with van der Waals surface area (Å²) >= 11 is 0. The van der Waals surface area contributed by atoms with Crippen molar-refractivity contribution < 1.29 is 33.3 Å². The number of para-hydroxylation sites is 1. The second-order valence-corrected chi connectivity index (χ2v) is 5.81. The average molecular weight is 416 g/mol. The summed E-state index contributed by atoms with van der Waals surface area (Å²) in [4.78, 5) is 34.7. The number of benzene rings is 2. The van der Waals surface area contributed by atoms with Crippen molar-refractivity contribution in [2.75, 3.05) is 33.5 Å². The standard InChI is InChI=1S/C21H24N2O7/c1-3-27-18-13-15(20(25)30-14-19(24)23-21(26)22-2)9-10-17(18)29-12-11-28-16-7-5-4-6-8-16/h4-10,13H,3,11-12,14H2,1-2H3,(H2,22,23,24,26). The predicted octanol–water partition coefficient (Wildman–Crippen LogP) is 2.16. The second kappa shape index (κ2) is 11.9. The largest absolute Gasteiger partial charge is 0.490 e. The lowest BCUT2D eigenvalue weighted by Gasteiger charge is -2.13. The van der Waals surface area contributed by atoms with Gasteiger partial charge < -0.3 is 24.3 Å². The van der Waals surface area contributed by atoms with Crippen LogP contribution >= 0.6 is 0 Å². The lowest BCUT2D eigenvalue weighted by Crippen LogP contribution is -2.39. The number of amides is 3. The molecule has 2 rings (SSSR count). The van der Waals surface area contributed by atoms with Crippen LogP contribution in [0.25, 0.3) is 0 Å². The van der Waals surface area contributed by atoms with Gasteiger partial charge >= 0.3 is 12.0 Å². The first-order valence-electron chi connectivity index (χ1n) is 9.29. The van der Waals surface area contributed by atoms with E-state index in [-0.39, 0.29) is 12.2 Å². The molecule has 2 aromatic carbocycles. The summed E-state index contributed by atoms with van der Waals surface area (Å²) in [6.45, 7) is 2.18. The Balaban J connectivity index is 1.90. The highest BCUT2D eigenvalue weighted by Crippen LogP contribution is 2.29. The highest BCUT2D eigenvalue weighted by Gasteiger charge is 2.15. The maximum Gasteiger partial charge on any atom is 0.338 e. The number of carbonyl (C=O) groups is 3. The molecule has 2 N–H and O–H groups in total. The summed E-state index contributed by atoms with van der Waals surface area (Å²) in [5.74, 6) is 0.0710. The molecule has 0 fully saturated rings. The Morgan fingerprint density at radius 2 is 1.63 bits per heavy atom. The minimum Gasteiger partial charge on any atom is -0.490 e. The van der Waals surface area contributed by atoms with Gasteiger partial charge in [-0.2, -0.15) is 0 Å². The fourth-order valence-corrected chi connectivity index (χ4v) is 2.29. The van der Waals surface area contributed by atoms with Crippen LogP contribution in [-0.4, -0.2) is 51.4 Å². The first kappa shape index (κ1) is 22.5. The molecule has 2 aromatic rings. The molecular weight excluding hydrogens is 392 g/mol. The van der Waals surface area contributed by atoms with Crippen molar-refractivity contribution in [2.24, 2.45) is 0 Å². The van der Waals surface area contributed by atoms with Gasteiger partial charge in [0.15, 0.2) is 18.1 Å². The van der Waals surface area contributed by atoms with E-state index in [2.05, 4.69) is 5.32 Å². The molecule has 9 heteroatoms. The van der Waals surface area contributed by atoms with Crippen LogP contribution in [0.2, 0.25) is 0 Å². The molecule has 0 aliphatic rings. The van der Waals surface area contributed by atoms with E-state index in [0.29, 0.717) is 24.7 Å². The first-order valence-corrected chi connectivity index (χ1v) is 9.29. The molecule has 3 amide bonds. The highest BCUT2D eigenvalue weighted by atomic mass is 16.5. The number of imide groups is 1. The second-order valence-electron chi connectivity index (χ2n) is 5.81. The number of carbonyl (C=O) groups excluding carboxylic acids is 3. The van der Waals surface area contributed by atoms with E-state index < -0.39 is 24.5 Å². The van der Waals surface area contributed by atoms with Crippen LogP contribution < -0.4 is 24.8 Å². The van der Waals surface area contributed by atoms with Gasteiger partial charge in [0.25, 0.3) is 5.91 Å². The van der Waals surface area contributed by atoms with Crippen LogP contribution in [0.1, 0.15) is 17.3 Å². The highest BCUT2D eigenvalue weighted by molar-refractivity contribution is 5.97. The van der Waals surface area contributed by atoms with E-state index in [1.807, 2.05) is 35.6 Å². The number of hydrogen-bond acceptors (Lipinski definition) is 7. The third-order valence-electron chi connectivity index (χ3n) is 3.65. The minimum atomic E-state index is -0.744. The van der Waals surface area contributed by atoms with Crippen LogP contribution in [0.5, 0.6) is 17.2 Å². The molecule has 0 radical (unpaired) electrons. The molecule has 0 heterocycles. The monoisotopic (exact) mass is 416 g/mol. The van der Waals surface area contributed by atoms with E-state index in [4.69, 9.17) is 18.9 Å². The summed E-state index contributed by atoms with van der Waals surface area (Å²) in [6, 6.07) is 13.2. The first-order chi connectivity index (χ1) is 14.5. The zero-order valence-corrected chi connectivity index (χ0v) is 16.8. The number of hydrogen-bond donors (Lipinski definition) is 2. The molecule has 0 aliphatic carbocycles. The summed E-state index contributed by atoms with van der Waals surface area (Å²) in [6.07, 6.45) is 0. The zero-order chi connectivity index (χ0) is 21.8. The van der Waals surface area contributed by atoms with E-state index in [0.717, 1.165) is 5.75 Å². The van der Waals surface area contributed by atoms with Gasteiger partial charge in [-0.15, -0.1) is 0 Å². The number of ether oxygens (including phenoxy) is 4. The van der Waals surface area contributed by atoms with E-state index >= 15 is 0 Å². The van der Waals surface area contributed by atoms with Crippen LogP contribution in [0.3, 0.4) is 0 Å². The molecule has 0 atom stereocenters. The van der Waals surface area contributed by atoms with Crippen molar-refractivity contribution in [3.63, 3.8) is 0 Å². The van der Waals surface area contributed by atoms with Crippen molar-refractivity contribution in [3.8, 4) is 17.2 Å². The van der Waals surface area contributed by atoms with Gasteiger partial charge in [-0.25, -0.2) is 9.59 Å². The van der Waals surface area contributed by atoms with Crippen LogP contribution in [0.4, 0.5) is 4.79 Å². The Morgan fingerprint density at radius 3 is 2.33 bits per heavy atom. The predicted molar refractivity (Wildman–Crippen MR) is 108 cm³/mol. The number of nitrogens with one attached hydrogen (secondary N) is 2. The molecule has 0 spiro atoms. The van der Waals surface area contributed by atoms with Crippen molar-refractivity contribution in [1.82, 2.24) is 10.6 Å². The summed E-state index contributed by atoms with van der Waals surface area (Å²) in [5, 5.41) is 4.22. The van der Waals surface area contributed by atoms with Gasteiger partial charge in [0.1, 0.15) is 19.0 Å².